The molecular formula is C19H21N3O2. The van der Waals surface area contributed by atoms with Crippen molar-refractivity contribution >= 4 is 17.5 Å². The molecule has 0 spiro atoms. The normalized spacial score (nSPS) is 17.2. The number of pyridine rings is 1. The second-order valence-corrected chi connectivity index (χ2v) is 6.29. The molecule has 1 aromatic carbocycles. The first-order valence-electron chi connectivity index (χ1n) is 8.09. The standard InChI is InChI=1S/C19H21N3O2/c1-13-7-14(2)9-17(8-13)22-12-15(10-18(22)23)19(24)21-11-16-5-3-4-6-20-16/h3-9,15H,10-12H2,1-2H3,(H,21,24). The van der Waals surface area contributed by atoms with Gasteiger partial charge in [-0.3, -0.25) is 14.6 Å². The van der Waals surface area contributed by atoms with Crippen LogP contribution in [0, 0.1) is 19.8 Å². The van der Waals surface area contributed by atoms with Crippen LogP contribution >= 0.6 is 0 Å². The Labute approximate surface area is 141 Å². The Hall–Kier alpha value is -2.69. The summed E-state index contributed by atoms with van der Waals surface area (Å²) in [7, 11) is 0. The van der Waals surface area contributed by atoms with E-state index in [1.807, 2.05) is 44.2 Å². The Morgan fingerprint density at radius 3 is 2.67 bits per heavy atom. The highest BCUT2D eigenvalue weighted by molar-refractivity contribution is 6.00. The minimum atomic E-state index is -0.318. The zero-order valence-corrected chi connectivity index (χ0v) is 14.0. The van der Waals surface area contributed by atoms with Crippen molar-refractivity contribution in [2.45, 2.75) is 26.8 Å². The van der Waals surface area contributed by atoms with Gasteiger partial charge in [0, 0.05) is 24.8 Å². The van der Waals surface area contributed by atoms with E-state index in [0.717, 1.165) is 22.5 Å². The summed E-state index contributed by atoms with van der Waals surface area (Å²) in [5.41, 5.74) is 3.90. The number of aryl methyl sites for hydroxylation is 2. The van der Waals surface area contributed by atoms with E-state index in [0.29, 0.717) is 13.1 Å². The van der Waals surface area contributed by atoms with Crippen LogP contribution < -0.4 is 10.2 Å². The van der Waals surface area contributed by atoms with Crippen LogP contribution in [-0.4, -0.2) is 23.3 Å². The van der Waals surface area contributed by atoms with Gasteiger partial charge in [-0.05, 0) is 49.2 Å². The first kappa shape index (κ1) is 16.2. The molecule has 1 saturated heterocycles. The largest absolute Gasteiger partial charge is 0.350 e. The van der Waals surface area contributed by atoms with Gasteiger partial charge in [-0.2, -0.15) is 0 Å². The molecule has 2 amide bonds. The quantitative estimate of drug-likeness (QED) is 0.939. The van der Waals surface area contributed by atoms with Gasteiger partial charge in [0.25, 0.3) is 0 Å². The fourth-order valence-corrected chi connectivity index (χ4v) is 3.06. The maximum Gasteiger partial charge on any atom is 0.227 e. The van der Waals surface area contributed by atoms with Crippen LogP contribution in [0.5, 0.6) is 0 Å². The van der Waals surface area contributed by atoms with E-state index in [4.69, 9.17) is 0 Å². The first-order valence-corrected chi connectivity index (χ1v) is 8.09. The fourth-order valence-electron chi connectivity index (χ4n) is 3.06. The molecule has 0 bridgehead atoms. The lowest BCUT2D eigenvalue weighted by molar-refractivity contribution is -0.126. The van der Waals surface area contributed by atoms with Crippen LogP contribution in [-0.2, 0) is 16.1 Å². The third kappa shape index (κ3) is 3.62. The molecule has 1 aliphatic heterocycles. The van der Waals surface area contributed by atoms with Gasteiger partial charge in [-0.15, -0.1) is 0 Å². The lowest BCUT2D eigenvalue weighted by Crippen LogP contribution is -2.32. The van der Waals surface area contributed by atoms with Gasteiger partial charge in [-0.25, -0.2) is 0 Å². The van der Waals surface area contributed by atoms with Crippen LogP contribution in [0.4, 0.5) is 5.69 Å². The highest BCUT2D eigenvalue weighted by Gasteiger charge is 2.35. The lowest BCUT2D eigenvalue weighted by atomic mass is 10.1. The Kier molecular flexibility index (Phi) is 4.60. The Morgan fingerprint density at radius 2 is 2.00 bits per heavy atom. The van der Waals surface area contributed by atoms with Gasteiger partial charge in [-0.1, -0.05) is 12.1 Å². The predicted molar refractivity (Wildman–Crippen MR) is 92.5 cm³/mol. The van der Waals surface area contributed by atoms with Crippen molar-refractivity contribution in [2.75, 3.05) is 11.4 Å². The van der Waals surface area contributed by atoms with Crippen LogP contribution in [0.25, 0.3) is 0 Å². The molecule has 0 saturated carbocycles. The van der Waals surface area contributed by atoms with E-state index in [1.54, 1.807) is 11.1 Å². The number of aromatic nitrogens is 1. The summed E-state index contributed by atoms with van der Waals surface area (Å²) in [6.07, 6.45) is 1.95. The van der Waals surface area contributed by atoms with Gasteiger partial charge in [0.1, 0.15) is 0 Å². The molecule has 5 heteroatoms. The molecule has 24 heavy (non-hydrogen) atoms. The fraction of sp³-hybridized carbons (Fsp3) is 0.316. The zero-order valence-electron chi connectivity index (χ0n) is 14.0. The number of amides is 2. The second-order valence-electron chi connectivity index (χ2n) is 6.29. The number of carbonyl (C=O) groups excluding carboxylic acids is 2. The van der Waals surface area contributed by atoms with Gasteiger partial charge < -0.3 is 10.2 Å². The van der Waals surface area contributed by atoms with Gasteiger partial charge >= 0.3 is 0 Å². The van der Waals surface area contributed by atoms with Crippen LogP contribution in [0.2, 0.25) is 0 Å². The number of nitrogens with zero attached hydrogens (tertiary/aromatic N) is 2. The van der Waals surface area contributed by atoms with E-state index in [9.17, 15) is 9.59 Å². The van der Waals surface area contributed by atoms with Crippen LogP contribution in [0.3, 0.4) is 0 Å². The van der Waals surface area contributed by atoms with Crippen molar-refractivity contribution in [1.82, 2.24) is 10.3 Å². The molecule has 124 valence electrons. The first-order chi connectivity index (χ1) is 11.5. The SMILES string of the molecule is Cc1cc(C)cc(N2CC(C(=O)NCc3ccccn3)CC2=O)c1. The molecule has 1 N–H and O–H groups in total. The number of benzene rings is 1. The minimum Gasteiger partial charge on any atom is -0.350 e. The number of hydrogen-bond acceptors (Lipinski definition) is 3. The highest BCUT2D eigenvalue weighted by Crippen LogP contribution is 2.27. The van der Waals surface area contributed by atoms with E-state index in [1.165, 1.54) is 0 Å². The summed E-state index contributed by atoms with van der Waals surface area (Å²) in [5.74, 6) is -0.416. The molecule has 1 unspecified atom stereocenters. The number of nitrogens with one attached hydrogen (secondary N) is 1. The molecule has 0 aliphatic carbocycles. The molecule has 0 radical (unpaired) electrons. The smallest absolute Gasteiger partial charge is 0.227 e. The predicted octanol–water partition coefficient (Wildman–Crippen LogP) is 2.37. The Bertz CT molecular complexity index is 738. The zero-order chi connectivity index (χ0) is 17.1. The van der Waals surface area contributed by atoms with Crippen molar-refractivity contribution in [2.24, 2.45) is 5.92 Å². The maximum atomic E-state index is 12.4. The van der Waals surface area contributed by atoms with Crippen molar-refractivity contribution in [3.63, 3.8) is 0 Å². The molecule has 2 heterocycles. The number of carbonyl (C=O) groups is 2. The van der Waals surface area contributed by atoms with E-state index >= 15 is 0 Å². The van der Waals surface area contributed by atoms with E-state index in [-0.39, 0.29) is 24.2 Å². The molecule has 2 aromatic rings. The molecular weight excluding hydrogens is 302 g/mol. The number of rotatable bonds is 4. The Balaban J connectivity index is 1.64. The summed E-state index contributed by atoms with van der Waals surface area (Å²) in [6, 6.07) is 11.6. The monoisotopic (exact) mass is 323 g/mol. The molecule has 1 fully saturated rings. The minimum absolute atomic E-state index is 0.00186. The van der Waals surface area contributed by atoms with E-state index in [2.05, 4.69) is 16.4 Å². The topological polar surface area (TPSA) is 62.3 Å². The Morgan fingerprint density at radius 1 is 1.25 bits per heavy atom. The van der Waals surface area contributed by atoms with E-state index < -0.39 is 0 Å². The van der Waals surface area contributed by atoms with Crippen molar-refractivity contribution < 1.29 is 9.59 Å². The lowest BCUT2D eigenvalue weighted by Gasteiger charge is -2.18. The summed E-state index contributed by atoms with van der Waals surface area (Å²) in [5, 5.41) is 2.88. The average Bonchev–Trinajstić information content (AvgIpc) is 2.95. The number of hydrogen-bond donors (Lipinski definition) is 1. The molecule has 1 aromatic heterocycles. The summed E-state index contributed by atoms with van der Waals surface area (Å²) in [6.45, 7) is 4.83. The van der Waals surface area contributed by atoms with Crippen molar-refractivity contribution in [3.8, 4) is 0 Å². The van der Waals surface area contributed by atoms with Crippen molar-refractivity contribution in [1.29, 1.82) is 0 Å². The van der Waals surface area contributed by atoms with Gasteiger partial charge in [0.2, 0.25) is 11.8 Å². The highest BCUT2D eigenvalue weighted by atomic mass is 16.2. The molecule has 1 atom stereocenters. The van der Waals surface area contributed by atoms with Gasteiger partial charge in [0.15, 0.2) is 0 Å². The molecule has 1 aliphatic rings. The third-order valence-electron chi connectivity index (χ3n) is 4.18. The number of anilines is 1. The molecule has 5 nitrogen and oxygen atoms in total. The summed E-state index contributed by atoms with van der Waals surface area (Å²) < 4.78 is 0. The van der Waals surface area contributed by atoms with Crippen LogP contribution in [0.1, 0.15) is 23.2 Å². The maximum absolute atomic E-state index is 12.4. The molecule has 3 rings (SSSR count). The summed E-state index contributed by atoms with van der Waals surface area (Å²) >= 11 is 0. The second kappa shape index (κ2) is 6.83. The summed E-state index contributed by atoms with van der Waals surface area (Å²) in [4.78, 5) is 30.6. The van der Waals surface area contributed by atoms with Gasteiger partial charge in [0.05, 0.1) is 18.2 Å². The van der Waals surface area contributed by atoms with Crippen LogP contribution in [0.15, 0.2) is 42.6 Å². The average molecular weight is 323 g/mol. The van der Waals surface area contributed by atoms with Crippen molar-refractivity contribution in [3.05, 3.63) is 59.4 Å². The third-order valence-corrected chi connectivity index (χ3v) is 4.18.